The van der Waals surface area contributed by atoms with Crippen molar-refractivity contribution in [3.05, 3.63) is 40.4 Å². The van der Waals surface area contributed by atoms with Gasteiger partial charge < -0.3 is 5.32 Å². The van der Waals surface area contributed by atoms with Crippen LogP contribution >= 0.6 is 15.9 Å². The van der Waals surface area contributed by atoms with Crippen molar-refractivity contribution < 1.29 is 0 Å². The van der Waals surface area contributed by atoms with Gasteiger partial charge in [0.1, 0.15) is 18.2 Å². The van der Waals surface area contributed by atoms with Crippen LogP contribution in [0.15, 0.2) is 29.0 Å². The number of hydrogen-bond donors (Lipinski definition) is 2. The minimum absolute atomic E-state index is 0.505. The molecule has 2 N–H and O–H groups in total. The lowest BCUT2D eigenvalue weighted by molar-refractivity contribution is 0.954. The standard InChI is InChI=1S/C10H8BrN5/c11-8-2-1-7(4-12)9(3-8)13-5-10-14-6-15-16-10/h1-3,6,13H,5H2,(H,14,15,16). The Morgan fingerprint density at radius 2 is 2.38 bits per heavy atom. The van der Waals surface area contributed by atoms with Gasteiger partial charge in [-0.05, 0) is 18.2 Å². The molecule has 16 heavy (non-hydrogen) atoms. The van der Waals surface area contributed by atoms with E-state index in [9.17, 15) is 0 Å². The molecule has 1 heterocycles. The molecule has 0 saturated carbocycles. The predicted molar refractivity (Wildman–Crippen MR) is 62.6 cm³/mol. The van der Waals surface area contributed by atoms with E-state index in [1.54, 1.807) is 6.07 Å². The molecule has 0 amide bonds. The Hall–Kier alpha value is -1.87. The number of nitrogens with one attached hydrogen (secondary N) is 2. The summed E-state index contributed by atoms with van der Waals surface area (Å²) in [7, 11) is 0. The Labute approximate surface area is 101 Å². The Morgan fingerprint density at radius 1 is 1.50 bits per heavy atom. The van der Waals surface area contributed by atoms with E-state index in [1.807, 2.05) is 12.1 Å². The Kier molecular flexibility index (Phi) is 3.17. The van der Waals surface area contributed by atoms with Crippen LogP contribution in [0.4, 0.5) is 5.69 Å². The number of hydrogen-bond acceptors (Lipinski definition) is 4. The highest BCUT2D eigenvalue weighted by Crippen LogP contribution is 2.20. The number of halogens is 1. The molecule has 0 radical (unpaired) electrons. The van der Waals surface area contributed by atoms with Crippen molar-refractivity contribution in [2.45, 2.75) is 6.54 Å². The van der Waals surface area contributed by atoms with Crippen LogP contribution in [0, 0.1) is 11.3 Å². The number of benzene rings is 1. The summed E-state index contributed by atoms with van der Waals surface area (Å²) in [4.78, 5) is 3.99. The summed E-state index contributed by atoms with van der Waals surface area (Å²) in [5.74, 6) is 0.726. The molecule has 0 aliphatic rings. The molecular weight excluding hydrogens is 270 g/mol. The highest BCUT2D eigenvalue weighted by molar-refractivity contribution is 9.10. The number of anilines is 1. The Morgan fingerprint density at radius 3 is 3.06 bits per heavy atom. The fourth-order valence-corrected chi connectivity index (χ4v) is 1.62. The van der Waals surface area contributed by atoms with Gasteiger partial charge in [-0.3, -0.25) is 5.10 Å². The van der Waals surface area contributed by atoms with E-state index in [1.165, 1.54) is 6.33 Å². The summed E-state index contributed by atoms with van der Waals surface area (Å²) in [6.07, 6.45) is 1.45. The summed E-state index contributed by atoms with van der Waals surface area (Å²) in [5.41, 5.74) is 1.37. The number of nitriles is 1. The first-order valence-corrected chi connectivity index (χ1v) is 5.36. The quantitative estimate of drug-likeness (QED) is 0.900. The summed E-state index contributed by atoms with van der Waals surface area (Å²) >= 11 is 3.36. The Bertz CT molecular complexity index is 515. The van der Waals surface area contributed by atoms with Crippen molar-refractivity contribution in [1.29, 1.82) is 5.26 Å². The molecule has 80 valence electrons. The van der Waals surface area contributed by atoms with E-state index < -0.39 is 0 Å². The van der Waals surface area contributed by atoms with Gasteiger partial charge in [0.05, 0.1) is 17.8 Å². The molecule has 2 aromatic rings. The van der Waals surface area contributed by atoms with E-state index in [2.05, 4.69) is 42.5 Å². The number of rotatable bonds is 3. The fourth-order valence-electron chi connectivity index (χ4n) is 1.26. The topological polar surface area (TPSA) is 77.4 Å². The molecule has 6 heteroatoms. The van der Waals surface area contributed by atoms with Crippen LogP contribution in [0.2, 0.25) is 0 Å². The highest BCUT2D eigenvalue weighted by Gasteiger charge is 2.03. The first kappa shape index (κ1) is 10.6. The average Bonchev–Trinajstić information content (AvgIpc) is 2.79. The monoisotopic (exact) mass is 277 g/mol. The van der Waals surface area contributed by atoms with Gasteiger partial charge in [-0.2, -0.15) is 10.4 Å². The van der Waals surface area contributed by atoms with Crippen LogP contribution in [0.1, 0.15) is 11.4 Å². The van der Waals surface area contributed by atoms with Gasteiger partial charge in [0.15, 0.2) is 0 Å². The van der Waals surface area contributed by atoms with Crippen molar-refractivity contribution in [1.82, 2.24) is 15.2 Å². The van der Waals surface area contributed by atoms with Crippen LogP contribution in [-0.2, 0) is 6.54 Å². The molecule has 1 aromatic heterocycles. The van der Waals surface area contributed by atoms with Crippen LogP contribution in [-0.4, -0.2) is 15.2 Å². The van der Waals surface area contributed by atoms with Gasteiger partial charge >= 0.3 is 0 Å². The maximum Gasteiger partial charge on any atom is 0.143 e. The van der Waals surface area contributed by atoms with Crippen molar-refractivity contribution in [3.8, 4) is 6.07 Å². The molecule has 5 nitrogen and oxygen atoms in total. The molecule has 0 saturated heterocycles. The molecule has 0 unspecified atom stereocenters. The maximum atomic E-state index is 8.93. The van der Waals surface area contributed by atoms with Crippen molar-refractivity contribution >= 4 is 21.6 Å². The normalized spacial score (nSPS) is 9.75. The van der Waals surface area contributed by atoms with Gasteiger partial charge in [-0.15, -0.1) is 0 Å². The third kappa shape index (κ3) is 2.38. The van der Waals surface area contributed by atoms with Crippen molar-refractivity contribution in [2.24, 2.45) is 0 Å². The van der Waals surface area contributed by atoms with E-state index >= 15 is 0 Å². The second-order valence-electron chi connectivity index (χ2n) is 3.09. The van der Waals surface area contributed by atoms with Gasteiger partial charge in [0.25, 0.3) is 0 Å². The van der Waals surface area contributed by atoms with E-state index in [0.717, 1.165) is 16.0 Å². The minimum atomic E-state index is 0.505. The second kappa shape index (κ2) is 4.77. The zero-order chi connectivity index (χ0) is 11.4. The first-order valence-electron chi connectivity index (χ1n) is 4.57. The smallest absolute Gasteiger partial charge is 0.143 e. The van der Waals surface area contributed by atoms with Crippen molar-refractivity contribution in [2.75, 3.05) is 5.32 Å². The lowest BCUT2D eigenvalue weighted by Crippen LogP contribution is -2.02. The molecule has 0 atom stereocenters. The molecule has 0 fully saturated rings. The largest absolute Gasteiger partial charge is 0.377 e. The lowest BCUT2D eigenvalue weighted by atomic mass is 10.2. The molecule has 0 spiro atoms. The Balaban J connectivity index is 2.15. The SMILES string of the molecule is N#Cc1ccc(Br)cc1NCc1ncn[nH]1. The number of nitrogens with zero attached hydrogens (tertiary/aromatic N) is 3. The van der Waals surface area contributed by atoms with Crippen LogP contribution in [0.5, 0.6) is 0 Å². The van der Waals surface area contributed by atoms with Crippen LogP contribution in [0.3, 0.4) is 0 Å². The summed E-state index contributed by atoms with van der Waals surface area (Å²) in [5, 5.41) is 18.5. The minimum Gasteiger partial charge on any atom is -0.377 e. The number of aromatic amines is 1. The summed E-state index contributed by atoms with van der Waals surface area (Å²) in [6, 6.07) is 7.57. The molecule has 2 rings (SSSR count). The third-order valence-electron chi connectivity index (χ3n) is 2.01. The molecular formula is C10H8BrN5. The van der Waals surface area contributed by atoms with Gasteiger partial charge in [-0.1, -0.05) is 15.9 Å². The molecule has 0 aliphatic heterocycles. The number of H-pyrrole nitrogens is 1. The molecule has 0 aliphatic carbocycles. The highest BCUT2D eigenvalue weighted by atomic mass is 79.9. The predicted octanol–water partition coefficient (Wildman–Crippen LogP) is 2.05. The number of aromatic nitrogens is 3. The zero-order valence-electron chi connectivity index (χ0n) is 8.24. The first-order chi connectivity index (χ1) is 7.79. The molecule has 0 bridgehead atoms. The van der Waals surface area contributed by atoms with E-state index in [4.69, 9.17) is 5.26 Å². The van der Waals surface area contributed by atoms with E-state index in [0.29, 0.717) is 12.1 Å². The van der Waals surface area contributed by atoms with Crippen LogP contribution in [0.25, 0.3) is 0 Å². The van der Waals surface area contributed by atoms with E-state index in [-0.39, 0.29) is 0 Å². The fraction of sp³-hybridized carbons (Fsp3) is 0.100. The van der Waals surface area contributed by atoms with Gasteiger partial charge in [-0.25, -0.2) is 4.98 Å². The van der Waals surface area contributed by atoms with Crippen LogP contribution < -0.4 is 5.32 Å². The summed E-state index contributed by atoms with van der Waals surface area (Å²) in [6.45, 7) is 0.505. The van der Waals surface area contributed by atoms with Gasteiger partial charge in [0.2, 0.25) is 0 Å². The van der Waals surface area contributed by atoms with Gasteiger partial charge in [0, 0.05) is 4.47 Å². The lowest BCUT2D eigenvalue weighted by Gasteiger charge is -2.06. The average molecular weight is 278 g/mol. The second-order valence-corrected chi connectivity index (χ2v) is 4.00. The third-order valence-corrected chi connectivity index (χ3v) is 2.51. The zero-order valence-corrected chi connectivity index (χ0v) is 9.82. The summed E-state index contributed by atoms with van der Waals surface area (Å²) < 4.78 is 0.923. The van der Waals surface area contributed by atoms with Crippen molar-refractivity contribution in [3.63, 3.8) is 0 Å². The molecule has 1 aromatic carbocycles. The maximum absolute atomic E-state index is 8.93.